The quantitative estimate of drug-likeness (QED) is 0.727. The molecule has 8 nitrogen and oxygen atoms in total. The van der Waals surface area contributed by atoms with E-state index in [9.17, 15) is 18.0 Å². The molecule has 4 rings (SSSR count). The van der Waals surface area contributed by atoms with E-state index < -0.39 is 12.1 Å². The first-order valence-corrected chi connectivity index (χ1v) is 10.9. The Labute approximate surface area is 185 Å². The number of aryl methyl sites for hydroxylation is 1. The molecule has 2 aliphatic heterocycles. The molecule has 1 aromatic rings. The van der Waals surface area contributed by atoms with Gasteiger partial charge in [-0.3, -0.25) is 14.4 Å². The Morgan fingerprint density at radius 2 is 1.84 bits per heavy atom. The normalized spacial score (nSPS) is 23.2. The van der Waals surface area contributed by atoms with Gasteiger partial charge >= 0.3 is 12.1 Å². The number of carboxylic acid groups (broad SMARTS) is 1. The molecule has 32 heavy (non-hydrogen) atoms. The maximum absolute atomic E-state index is 12.7. The van der Waals surface area contributed by atoms with Gasteiger partial charge in [0.25, 0.3) is 5.91 Å². The highest BCUT2D eigenvalue weighted by atomic mass is 19.4. The van der Waals surface area contributed by atoms with E-state index in [2.05, 4.69) is 10.00 Å². The summed E-state index contributed by atoms with van der Waals surface area (Å²) in [7, 11) is 3.67. The lowest BCUT2D eigenvalue weighted by Gasteiger charge is -2.46. The third-order valence-corrected chi connectivity index (χ3v) is 6.68. The standard InChI is InChI=1S/C19H30N4O2.C2HF3O2/c1-21-13-16(11-20-21)18(24)22-9-7-19(8-10-22)6-5-17(14-25-2)23(19)12-15-3-4-15;3-2(4,5)1(6)7/h11,13,15,17H,3-10,12,14H2,1-2H3;(H,6,7). The van der Waals surface area contributed by atoms with Crippen LogP contribution in [0.4, 0.5) is 13.2 Å². The second kappa shape index (κ2) is 9.78. The number of amides is 1. The molecule has 2 saturated heterocycles. The Bertz CT molecular complexity index is 801. The molecule has 1 amide bonds. The van der Waals surface area contributed by atoms with E-state index in [1.54, 1.807) is 10.9 Å². The van der Waals surface area contributed by atoms with E-state index in [4.69, 9.17) is 14.6 Å². The van der Waals surface area contributed by atoms with Crippen LogP contribution in [0.5, 0.6) is 0 Å². The van der Waals surface area contributed by atoms with E-state index in [-0.39, 0.29) is 11.4 Å². The Morgan fingerprint density at radius 3 is 2.31 bits per heavy atom. The van der Waals surface area contributed by atoms with Crippen LogP contribution in [-0.4, -0.2) is 87.7 Å². The Hall–Kier alpha value is -2.14. The summed E-state index contributed by atoms with van der Waals surface area (Å²) in [6.45, 7) is 3.78. The van der Waals surface area contributed by atoms with Gasteiger partial charge in [-0.2, -0.15) is 18.3 Å². The zero-order chi connectivity index (χ0) is 23.5. The molecule has 0 radical (unpaired) electrons. The van der Waals surface area contributed by atoms with Crippen molar-refractivity contribution < 1.29 is 32.6 Å². The highest BCUT2D eigenvalue weighted by molar-refractivity contribution is 5.93. The van der Waals surface area contributed by atoms with Crippen molar-refractivity contribution in [2.75, 3.05) is 33.4 Å². The molecule has 1 saturated carbocycles. The number of methoxy groups -OCH3 is 1. The number of hydrogen-bond acceptors (Lipinski definition) is 5. The van der Waals surface area contributed by atoms with E-state index in [1.807, 2.05) is 25.3 Å². The van der Waals surface area contributed by atoms with Crippen LogP contribution in [0.2, 0.25) is 0 Å². The third-order valence-electron chi connectivity index (χ3n) is 6.68. The van der Waals surface area contributed by atoms with E-state index in [0.29, 0.717) is 11.6 Å². The van der Waals surface area contributed by atoms with Gasteiger partial charge in [0.1, 0.15) is 0 Å². The summed E-state index contributed by atoms with van der Waals surface area (Å²) in [6.07, 6.45) is 5.85. The number of alkyl halides is 3. The minimum atomic E-state index is -5.08. The molecule has 3 aliphatic rings. The summed E-state index contributed by atoms with van der Waals surface area (Å²) >= 11 is 0. The van der Waals surface area contributed by atoms with Crippen molar-refractivity contribution in [3.63, 3.8) is 0 Å². The number of aromatic nitrogens is 2. The molecule has 1 spiro atoms. The van der Waals surface area contributed by atoms with Crippen LogP contribution < -0.4 is 0 Å². The molecule has 1 aliphatic carbocycles. The summed E-state index contributed by atoms with van der Waals surface area (Å²) in [4.78, 5) is 26.4. The van der Waals surface area contributed by atoms with Gasteiger partial charge in [0.15, 0.2) is 0 Å². The maximum atomic E-state index is 12.7. The predicted molar refractivity (Wildman–Crippen MR) is 109 cm³/mol. The van der Waals surface area contributed by atoms with E-state index in [1.165, 1.54) is 32.2 Å². The minimum Gasteiger partial charge on any atom is -0.475 e. The van der Waals surface area contributed by atoms with Gasteiger partial charge in [0, 0.05) is 51.6 Å². The smallest absolute Gasteiger partial charge is 0.475 e. The Morgan fingerprint density at radius 1 is 1.22 bits per heavy atom. The third kappa shape index (κ3) is 5.80. The zero-order valence-electron chi connectivity index (χ0n) is 18.5. The number of piperidine rings is 1. The average Bonchev–Trinajstić information content (AvgIpc) is 3.38. The van der Waals surface area contributed by atoms with Gasteiger partial charge in [0.05, 0.1) is 18.4 Å². The van der Waals surface area contributed by atoms with Gasteiger partial charge < -0.3 is 14.7 Å². The van der Waals surface area contributed by atoms with Crippen LogP contribution in [0.1, 0.15) is 48.9 Å². The lowest BCUT2D eigenvalue weighted by atomic mass is 9.84. The van der Waals surface area contributed by atoms with Crippen LogP contribution in [0.15, 0.2) is 12.4 Å². The number of likely N-dealkylation sites (tertiary alicyclic amines) is 2. The number of carboxylic acids is 1. The van der Waals surface area contributed by atoms with Crippen LogP contribution in [0, 0.1) is 5.92 Å². The molecule has 180 valence electrons. The molecular weight excluding hydrogens is 429 g/mol. The summed E-state index contributed by atoms with van der Waals surface area (Å²) < 4.78 is 38.9. The van der Waals surface area contributed by atoms with Crippen molar-refractivity contribution in [1.82, 2.24) is 19.6 Å². The topological polar surface area (TPSA) is 87.9 Å². The molecule has 3 fully saturated rings. The lowest BCUT2D eigenvalue weighted by molar-refractivity contribution is -0.192. The Balaban J connectivity index is 0.000000360. The number of nitrogens with zero attached hydrogens (tertiary/aromatic N) is 4. The first kappa shape index (κ1) is 24.5. The van der Waals surface area contributed by atoms with Crippen LogP contribution in [0.3, 0.4) is 0 Å². The molecule has 0 bridgehead atoms. The van der Waals surface area contributed by atoms with Crippen LogP contribution in [-0.2, 0) is 16.6 Å². The first-order valence-electron chi connectivity index (χ1n) is 10.9. The number of hydrogen-bond donors (Lipinski definition) is 1. The number of aliphatic carboxylic acids is 1. The highest BCUT2D eigenvalue weighted by Gasteiger charge is 2.49. The molecular formula is C21H31F3N4O4. The Kier molecular flexibility index (Phi) is 7.49. The summed E-state index contributed by atoms with van der Waals surface area (Å²) in [6, 6.07) is 0.561. The van der Waals surface area contributed by atoms with Crippen molar-refractivity contribution in [1.29, 1.82) is 0 Å². The van der Waals surface area contributed by atoms with Gasteiger partial charge in [0.2, 0.25) is 0 Å². The van der Waals surface area contributed by atoms with Crippen molar-refractivity contribution >= 4 is 11.9 Å². The van der Waals surface area contributed by atoms with E-state index >= 15 is 0 Å². The number of halogens is 3. The van der Waals surface area contributed by atoms with Gasteiger partial charge in [-0.05, 0) is 44.4 Å². The zero-order valence-corrected chi connectivity index (χ0v) is 18.5. The average molecular weight is 460 g/mol. The van der Waals surface area contributed by atoms with Gasteiger partial charge in [-0.1, -0.05) is 0 Å². The first-order chi connectivity index (χ1) is 15.1. The molecule has 11 heteroatoms. The van der Waals surface area contributed by atoms with E-state index in [0.717, 1.165) is 38.5 Å². The van der Waals surface area contributed by atoms with Gasteiger partial charge in [-0.15, -0.1) is 0 Å². The second-order valence-electron chi connectivity index (χ2n) is 8.97. The summed E-state index contributed by atoms with van der Waals surface area (Å²) in [5, 5.41) is 11.3. The van der Waals surface area contributed by atoms with Crippen LogP contribution in [0.25, 0.3) is 0 Å². The maximum Gasteiger partial charge on any atom is 0.490 e. The number of carbonyl (C=O) groups excluding carboxylic acids is 1. The molecule has 1 aromatic heterocycles. The fraction of sp³-hybridized carbons (Fsp3) is 0.762. The monoisotopic (exact) mass is 460 g/mol. The highest BCUT2D eigenvalue weighted by Crippen LogP contribution is 2.44. The summed E-state index contributed by atoms with van der Waals surface area (Å²) in [5.74, 6) is -1.74. The fourth-order valence-electron chi connectivity index (χ4n) is 4.79. The van der Waals surface area contributed by atoms with Crippen molar-refractivity contribution in [3.05, 3.63) is 18.0 Å². The predicted octanol–water partition coefficient (Wildman–Crippen LogP) is 2.55. The van der Waals surface area contributed by atoms with Crippen molar-refractivity contribution in [3.8, 4) is 0 Å². The molecule has 3 heterocycles. The largest absolute Gasteiger partial charge is 0.490 e. The second-order valence-corrected chi connectivity index (χ2v) is 8.97. The lowest BCUT2D eigenvalue weighted by Crippen LogP contribution is -2.56. The van der Waals surface area contributed by atoms with Gasteiger partial charge in [-0.25, -0.2) is 4.79 Å². The molecule has 1 N–H and O–H groups in total. The number of carbonyl (C=O) groups is 2. The SMILES string of the molecule is COCC1CCC2(CCN(C(=O)c3cnn(C)c3)CC2)N1CC1CC1.O=C(O)C(F)(F)F. The number of ether oxygens (including phenoxy) is 1. The van der Waals surface area contributed by atoms with Crippen molar-refractivity contribution in [2.24, 2.45) is 13.0 Å². The fourth-order valence-corrected chi connectivity index (χ4v) is 4.79. The summed E-state index contributed by atoms with van der Waals surface area (Å²) in [5.41, 5.74) is 0.995. The molecule has 0 aromatic carbocycles. The minimum absolute atomic E-state index is 0.128. The van der Waals surface area contributed by atoms with Crippen molar-refractivity contribution in [2.45, 2.75) is 56.3 Å². The number of rotatable bonds is 5. The molecule has 1 unspecified atom stereocenters. The van der Waals surface area contributed by atoms with Crippen LogP contribution >= 0.6 is 0 Å². The molecule has 1 atom stereocenters.